The molecule has 1 heterocycles. The summed E-state index contributed by atoms with van der Waals surface area (Å²) >= 11 is 0. The summed E-state index contributed by atoms with van der Waals surface area (Å²) < 4.78 is 34.0. The number of benzene rings is 2. The third-order valence-electron chi connectivity index (χ3n) is 6.25. The van der Waals surface area contributed by atoms with Gasteiger partial charge >= 0.3 is 6.11 Å². The zero-order chi connectivity index (χ0) is 21.4. The molecule has 1 saturated heterocycles. The molecule has 0 spiro atoms. The molecule has 0 N–H and O–H groups in total. The standard InChI is InChI=1S/C25H33F2NO/c1-7-28-23(3,4)16-20(17-24(28,5)6)19-10-14-22(15-11-19)29-25(26,27)21-12-8-18(2)9-13-21/h8-15,20H,7,16-17H2,1-6H3. The van der Waals surface area contributed by atoms with Crippen LogP contribution in [0.2, 0.25) is 0 Å². The second-order valence-electron chi connectivity index (χ2n) is 9.53. The lowest BCUT2D eigenvalue weighted by Crippen LogP contribution is -2.59. The van der Waals surface area contributed by atoms with Gasteiger partial charge in [0.15, 0.2) is 0 Å². The van der Waals surface area contributed by atoms with Crippen LogP contribution in [0.5, 0.6) is 5.75 Å². The second kappa shape index (κ2) is 7.71. The van der Waals surface area contributed by atoms with Crippen LogP contribution < -0.4 is 4.74 Å². The lowest BCUT2D eigenvalue weighted by Gasteiger charge is -2.55. The predicted molar refractivity (Wildman–Crippen MR) is 115 cm³/mol. The van der Waals surface area contributed by atoms with E-state index < -0.39 is 6.11 Å². The molecular formula is C25H33F2NO. The Morgan fingerprint density at radius 3 is 1.93 bits per heavy atom. The normalized spacial score (nSPS) is 19.9. The van der Waals surface area contributed by atoms with Crippen molar-refractivity contribution in [2.24, 2.45) is 0 Å². The smallest absolute Gasteiger partial charge is 0.426 e. The van der Waals surface area contributed by atoms with Gasteiger partial charge < -0.3 is 4.74 Å². The molecular weight excluding hydrogens is 368 g/mol. The van der Waals surface area contributed by atoms with Crippen molar-refractivity contribution in [1.82, 2.24) is 4.90 Å². The van der Waals surface area contributed by atoms with Crippen LogP contribution in [0, 0.1) is 6.92 Å². The Bertz CT molecular complexity index is 807. The van der Waals surface area contributed by atoms with E-state index in [1.165, 1.54) is 17.7 Å². The maximum Gasteiger partial charge on any atom is 0.426 e. The molecule has 1 fully saturated rings. The first-order valence-electron chi connectivity index (χ1n) is 10.5. The summed E-state index contributed by atoms with van der Waals surface area (Å²) in [5.74, 6) is 0.582. The fourth-order valence-corrected chi connectivity index (χ4v) is 5.17. The molecule has 0 aliphatic carbocycles. The minimum absolute atomic E-state index is 0.0921. The monoisotopic (exact) mass is 401 g/mol. The Kier molecular flexibility index (Phi) is 5.79. The van der Waals surface area contributed by atoms with Crippen LogP contribution in [-0.2, 0) is 6.11 Å². The molecule has 0 aromatic heterocycles. The highest BCUT2D eigenvalue weighted by atomic mass is 19.3. The summed E-state index contributed by atoms with van der Waals surface area (Å²) in [5, 5.41) is 0. The van der Waals surface area contributed by atoms with Gasteiger partial charge in [-0.2, -0.15) is 8.78 Å². The molecule has 3 rings (SSSR count). The highest BCUT2D eigenvalue weighted by molar-refractivity contribution is 5.32. The molecule has 4 heteroatoms. The number of halogens is 2. The van der Waals surface area contributed by atoms with Gasteiger partial charge in [0.2, 0.25) is 0 Å². The number of ether oxygens (including phenoxy) is 1. The van der Waals surface area contributed by atoms with Crippen molar-refractivity contribution in [2.75, 3.05) is 6.54 Å². The molecule has 0 saturated carbocycles. The maximum absolute atomic E-state index is 14.5. The number of piperidine rings is 1. The highest BCUT2D eigenvalue weighted by Crippen LogP contribution is 2.45. The van der Waals surface area contributed by atoms with Crippen molar-refractivity contribution < 1.29 is 13.5 Å². The van der Waals surface area contributed by atoms with Crippen LogP contribution in [0.1, 0.15) is 70.1 Å². The van der Waals surface area contributed by atoms with E-state index in [1.54, 1.807) is 24.3 Å². The Balaban J connectivity index is 1.76. The molecule has 158 valence electrons. The molecule has 2 nitrogen and oxygen atoms in total. The molecule has 0 atom stereocenters. The Morgan fingerprint density at radius 1 is 0.931 bits per heavy atom. The van der Waals surface area contributed by atoms with E-state index in [9.17, 15) is 8.78 Å². The Labute approximate surface area is 173 Å². The quantitative estimate of drug-likeness (QED) is 0.541. The van der Waals surface area contributed by atoms with Crippen molar-refractivity contribution in [1.29, 1.82) is 0 Å². The molecule has 0 bridgehead atoms. The lowest BCUT2D eigenvalue weighted by molar-refractivity contribution is -0.185. The predicted octanol–water partition coefficient (Wildman–Crippen LogP) is 6.88. The van der Waals surface area contributed by atoms with Gasteiger partial charge in [-0.25, -0.2) is 0 Å². The largest absolute Gasteiger partial charge is 0.429 e. The highest BCUT2D eigenvalue weighted by Gasteiger charge is 2.44. The van der Waals surface area contributed by atoms with E-state index in [2.05, 4.69) is 39.5 Å². The molecule has 1 aliphatic rings. The third kappa shape index (κ3) is 4.63. The Hall–Kier alpha value is -1.94. The van der Waals surface area contributed by atoms with E-state index >= 15 is 0 Å². The van der Waals surface area contributed by atoms with Gasteiger partial charge in [-0.05, 0) is 89.8 Å². The number of likely N-dealkylation sites (tertiary alicyclic amines) is 1. The summed E-state index contributed by atoms with van der Waals surface area (Å²) in [7, 11) is 0. The fraction of sp³-hybridized carbons (Fsp3) is 0.520. The van der Waals surface area contributed by atoms with Crippen LogP contribution in [0.15, 0.2) is 48.5 Å². The Morgan fingerprint density at radius 2 is 1.45 bits per heavy atom. The van der Waals surface area contributed by atoms with Crippen molar-refractivity contribution in [3.8, 4) is 5.75 Å². The first-order chi connectivity index (χ1) is 13.4. The van der Waals surface area contributed by atoms with E-state index in [4.69, 9.17) is 4.74 Å². The van der Waals surface area contributed by atoms with Crippen molar-refractivity contribution in [3.63, 3.8) is 0 Å². The van der Waals surface area contributed by atoms with Crippen LogP contribution in [0.3, 0.4) is 0 Å². The summed E-state index contributed by atoms with van der Waals surface area (Å²) in [4.78, 5) is 2.57. The molecule has 29 heavy (non-hydrogen) atoms. The van der Waals surface area contributed by atoms with Crippen molar-refractivity contribution in [2.45, 2.75) is 77.5 Å². The number of hydrogen-bond acceptors (Lipinski definition) is 2. The van der Waals surface area contributed by atoms with Crippen molar-refractivity contribution in [3.05, 3.63) is 65.2 Å². The van der Waals surface area contributed by atoms with Gasteiger partial charge in [0.1, 0.15) is 5.75 Å². The van der Waals surface area contributed by atoms with Crippen LogP contribution in [0.25, 0.3) is 0 Å². The molecule has 1 aliphatic heterocycles. The zero-order valence-electron chi connectivity index (χ0n) is 18.4. The van der Waals surface area contributed by atoms with Gasteiger partial charge in [0, 0.05) is 11.1 Å². The third-order valence-corrected chi connectivity index (χ3v) is 6.25. The van der Waals surface area contributed by atoms with E-state index in [0.29, 0.717) is 5.92 Å². The summed E-state index contributed by atoms with van der Waals surface area (Å²) in [6.45, 7) is 14.3. The molecule has 0 radical (unpaired) electrons. The fourth-order valence-electron chi connectivity index (χ4n) is 5.17. The lowest BCUT2D eigenvalue weighted by atomic mass is 9.71. The average Bonchev–Trinajstić information content (AvgIpc) is 2.60. The molecule has 2 aromatic carbocycles. The van der Waals surface area contributed by atoms with Crippen LogP contribution >= 0.6 is 0 Å². The summed E-state index contributed by atoms with van der Waals surface area (Å²) in [5.41, 5.74) is 2.17. The van der Waals surface area contributed by atoms with Gasteiger partial charge in [-0.3, -0.25) is 4.90 Å². The van der Waals surface area contributed by atoms with E-state index in [-0.39, 0.29) is 22.4 Å². The first kappa shape index (κ1) is 21.8. The number of hydrogen-bond donors (Lipinski definition) is 0. The SMILES string of the molecule is CCN1C(C)(C)CC(c2ccc(OC(F)(F)c3ccc(C)cc3)cc2)CC1(C)C. The molecule has 0 unspecified atom stereocenters. The first-order valence-corrected chi connectivity index (χ1v) is 10.5. The molecule has 0 amide bonds. The minimum atomic E-state index is -3.36. The topological polar surface area (TPSA) is 12.5 Å². The zero-order valence-corrected chi connectivity index (χ0v) is 18.4. The number of alkyl halides is 2. The van der Waals surface area contributed by atoms with Gasteiger partial charge in [0.05, 0.1) is 5.56 Å². The second-order valence-corrected chi connectivity index (χ2v) is 9.53. The average molecular weight is 402 g/mol. The van der Waals surface area contributed by atoms with Gasteiger partial charge in [-0.1, -0.05) is 36.8 Å². The van der Waals surface area contributed by atoms with Crippen LogP contribution in [0.4, 0.5) is 8.78 Å². The van der Waals surface area contributed by atoms with Gasteiger partial charge in [-0.15, -0.1) is 0 Å². The van der Waals surface area contributed by atoms with E-state index in [0.717, 1.165) is 24.9 Å². The number of aryl methyl sites for hydroxylation is 1. The van der Waals surface area contributed by atoms with Gasteiger partial charge in [0.25, 0.3) is 0 Å². The number of rotatable bonds is 5. The summed E-state index contributed by atoms with van der Waals surface area (Å²) in [6.07, 6.45) is -1.26. The van der Waals surface area contributed by atoms with E-state index in [1.807, 2.05) is 19.1 Å². The summed E-state index contributed by atoms with van der Waals surface area (Å²) in [6, 6.07) is 13.4. The number of nitrogens with zero attached hydrogens (tertiary/aromatic N) is 1. The van der Waals surface area contributed by atoms with Crippen LogP contribution in [-0.4, -0.2) is 22.5 Å². The van der Waals surface area contributed by atoms with Crippen molar-refractivity contribution >= 4 is 0 Å². The maximum atomic E-state index is 14.5. The minimum Gasteiger partial charge on any atom is -0.429 e. The molecule has 2 aromatic rings.